The van der Waals surface area contributed by atoms with E-state index in [9.17, 15) is 8.42 Å². The van der Waals surface area contributed by atoms with Gasteiger partial charge in [-0.25, -0.2) is 13.4 Å². The lowest BCUT2D eigenvalue weighted by atomic mass is 10.2. The number of sulfonamides is 1. The largest absolute Gasteiger partial charge is 0.494 e. The van der Waals surface area contributed by atoms with Gasteiger partial charge in [-0.1, -0.05) is 29.8 Å². The van der Waals surface area contributed by atoms with Crippen molar-refractivity contribution >= 4 is 21.6 Å². The van der Waals surface area contributed by atoms with Gasteiger partial charge in [0, 0.05) is 11.6 Å². The first-order valence-corrected chi connectivity index (χ1v) is 11.0. The van der Waals surface area contributed by atoms with Crippen molar-refractivity contribution in [3.63, 3.8) is 0 Å². The van der Waals surface area contributed by atoms with Gasteiger partial charge in [-0.05, 0) is 56.7 Å². The normalized spacial score (nSPS) is 11.8. The molecule has 0 saturated heterocycles. The number of halogens is 1. The molecule has 3 aromatic rings. The Labute approximate surface area is 176 Å². The van der Waals surface area contributed by atoms with Crippen molar-refractivity contribution in [3.8, 4) is 5.75 Å². The molecule has 0 aliphatic heterocycles. The summed E-state index contributed by atoms with van der Waals surface area (Å²) in [5.41, 5.74) is 1.43. The molecule has 8 heteroatoms. The Morgan fingerprint density at radius 3 is 2.34 bits per heavy atom. The predicted octanol–water partition coefficient (Wildman–Crippen LogP) is 4.73. The molecule has 1 heterocycles. The quantitative estimate of drug-likeness (QED) is 0.512. The summed E-state index contributed by atoms with van der Waals surface area (Å²) in [6.45, 7) is 6.09. The van der Waals surface area contributed by atoms with E-state index in [1.807, 2.05) is 19.9 Å². The molecule has 29 heavy (non-hydrogen) atoms. The van der Waals surface area contributed by atoms with Crippen LogP contribution in [0.4, 0.5) is 0 Å². The summed E-state index contributed by atoms with van der Waals surface area (Å²) >= 11 is 6.28. The molecule has 0 aliphatic rings. The maximum Gasteiger partial charge on any atom is 0.243 e. The lowest BCUT2D eigenvalue weighted by Crippen LogP contribution is -2.30. The maximum absolute atomic E-state index is 13.4. The number of nitrogens with zero attached hydrogens (tertiary/aromatic N) is 2. The summed E-state index contributed by atoms with van der Waals surface area (Å²) in [6, 6.07) is 13.5. The number of oxazole rings is 1. The van der Waals surface area contributed by atoms with Gasteiger partial charge in [0.05, 0.1) is 23.7 Å². The molecule has 1 aromatic heterocycles. The molecule has 0 aliphatic carbocycles. The van der Waals surface area contributed by atoms with Crippen LogP contribution in [0.5, 0.6) is 5.75 Å². The Morgan fingerprint density at radius 2 is 1.76 bits per heavy atom. The molecule has 0 spiro atoms. The minimum Gasteiger partial charge on any atom is -0.494 e. The highest BCUT2D eigenvalue weighted by Gasteiger charge is 2.27. The van der Waals surface area contributed by atoms with E-state index in [0.29, 0.717) is 34.6 Å². The summed E-state index contributed by atoms with van der Waals surface area (Å²) in [5.74, 6) is 1.61. The molecule has 2 aromatic carbocycles. The summed E-state index contributed by atoms with van der Waals surface area (Å²) in [5, 5.41) is 0.499. The molecule has 0 fully saturated rings. The molecular weight excluding hydrogens is 412 g/mol. The van der Waals surface area contributed by atoms with E-state index in [0.717, 1.165) is 5.69 Å². The van der Waals surface area contributed by atoms with E-state index in [1.165, 1.54) is 16.4 Å². The third-order valence-electron chi connectivity index (χ3n) is 4.46. The zero-order chi connectivity index (χ0) is 21.0. The second kappa shape index (κ2) is 8.98. The molecule has 0 atom stereocenters. The van der Waals surface area contributed by atoms with E-state index in [2.05, 4.69) is 4.98 Å². The predicted molar refractivity (Wildman–Crippen MR) is 111 cm³/mol. The van der Waals surface area contributed by atoms with Crippen molar-refractivity contribution in [2.75, 3.05) is 6.61 Å². The smallest absolute Gasteiger partial charge is 0.243 e. The highest BCUT2D eigenvalue weighted by atomic mass is 35.5. The summed E-state index contributed by atoms with van der Waals surface area (Å²) in [7, 11) is -3.83. The van der Waals surface area contributed by atoms with Gasteiger partial charge in [0.15, 0.2) is 0 Å². The number of rotatable bonds is 8. The van der Waals surface area contributed by atoms with Crippen molar-refractivity contribution in [2.45, 2.75) is 38.8 Å². The fourth-order valence-electron chi connectivity index (χ4n) is 2.82. The Kier molecular flexibility index (Phi) is 6.62. The van der Waals surface area contributed by atoms with E-state index < -0.39 is 10.0 Å². The number of hydrogen-bond donors (Lipinski definition) is 0. The van der Waals surface area contributed by atoms with Crippen LogP contribution in [0.2, 0.25) is 5.02 Å². The molecule has 0 bridgehead atoms. The van der Waals surface area contributed by atoms with Crippen LogP contribution in [-0.4, -0.2) is 24.3 Å². The van der Waals surface area contributed by atoms with Gasteiger partial charge in [-0.15, -0.1) is 0 Å². The SMILES string of the molecule is CCOc1ccc(S(=O)(=O)N(Cc2nc(C)c(C)o2)Cc2ccccc2Cl)cc1. The van der Waals surface area contributed by atoms with Crippen LogP contribution in [0, 0.1) is 13.8 Å². The second-order valence-electron chi connectivity index (χ2n) is 6.52. The van der Waals surface area contributed by atoms with Crippen molar-refractivity contribution in [3.05, 3.63) is 76.5 Å². The van der Waals surface area contributed by atoms with E-state index in [-0.39, 0.29) is 18.0 Å². The first kappa shape index (κ1) is 21.4. The van der Waals surface area contributed by atoms with Crippen molar-refractivity contribution in [2.24, 2.45) is 0 Å². The lowest BCUT2D eigenvalue weighted by molar-refractivity contribution is 0.339. The first-order valence-electron chi connectivity index (χ1n) is 9.20. The van der Waals surface area contributed by atoms with Crippen LogP contribution in [0.3, 0.4) is 0 Å². The van der Waals surface area contributed by atoms with Crippen LogP contribution in [0.15, 0.2) is 57.8 Å². The number of benzene rings is 2. The second-order valence-corrected chi connectivity index (χ2v) is 8.86. The van der Waals surface area contributed by atoms with Gasteiger partial charge in [-0.3, -0.25) is 0 Å². The monoisotopic (exact) mass is 434 g/mol. The molecule has 3 rings (SSSR count). The minimum absolute atomic E-state index is 0.00452. The molecule has 6 nitrogen and oxygen atoms in total. The summed E-state index contributed by atoms with van der Waals surface area (Å²) in [6.07, 6.45) is 0. The zero-order valence-electron chi connectivity index (χ0n) is 16.6. The first-order chi connectivity index (χ1) is 13.8. The Balaban J connectivity index is 1.96. The van der Waals surface area contributed by atoms with E-state index in [4.69, 9.17) is 20.8 Å². The van der Waals surface area contributed by atoms with Crippen LogP contribution in [-0.2, 0) is 23.1 Å². The molecule has 0 radical (unpaired) electrons. The highest BCUT2D eigenvalue weighted by molar-refractivity contribution is 7.89. The number of hydrogen-bond acceptors (Lipinski definition) is 5. The molecular formula is C21H23ClN2O4S. The molecule has 0 amide bonds. The van der Waals surface area contributed by atoms with Gasteiger partial charge in [0.25, 0.3) is 0 Å². The molecule has 0 saturated carbocycles. The standard InChI is InChI=1S/C21H23ClN2O4S/c1-4-27-18-9-11-19(12-10-18)29(25,26)24(13-17-7-5-6-8-20(17)22)14-21-23-15(2)16(3)28-21/h5-12H,4,13-14H2,1-3H3. The topological polar surface area (TPSA) is 72.6 Å². The van der Waals surface area contributed by atoms with Gasteiger partial charge < -0.3 is 9.15 Å². The van der Waals surface area contributed by atoms with Crippen LogP contribution < -0.4 is 4.74 Å². The maximum atomic E-state index is 13.4. The number of aryl methyl sites for hydroxylation is 2. The third kappa shape index (κ3) is 4.98. The Morgan fingerprint density at radius 1 is 1.07 bits per heavy atom. The van der Waals surface area contributed by atoms with Crippen molar-refractivity contribution < 1.29 is 17.6 Å². The van der Waals surface area contributed by atoms with Gasteiger partial charge in [0.2, 0.25) is 15.9 Å². The number of aromatic nitrogens is 1. The average molecular weight is 435 g/mol. The fraction of sp³-hybridized carbons (Fsp3) is 0.286. The van der Waals surface area contributed by atoms with Crippen molar-refractivity contribution in [1.29, 1.82) is 0 Å². The minimum atomic E-state index is -3.83. The summed E-state index contributed by atoms with van der Waals surface area (Å²) in [4.78, 5) is 4.49. The zero-order valence-corrected chi connectivity index (χ0v) is 18.1. The van der Waals surface area contributed by atoms with Gasteiger partial charge in [0.1, 0.15) is 11.5 Å². The third-order valence-corrected chi connectivity index (χ3v) is 6.64. The average Bonchev–Trinajstić information content (AvgIpc) is 3.01. The Hall–Kier alpha value is -2.35. The van der Waals surface area contributed by atoms with Crippen molar-refractivity contribution in [1.82, 2.24) is 9.29 Å². The van der Waals surface area contributed by atoms with E-state index in [1.54, 1.807) is 37.3 Å². The molecule has 154 valence electrons. The van der Waals surface area contributed by atoms with Gasteiger partial charge in [-0.2, -0.15) is 4.31 Å². The summed E-state index contributed by atoms with van der Waals surface area (Å²) < 4.78 is 39.1. The number of ether oxygens (including phenoxy) is 1. The Bertz CT molecular complexity index is 1060. The van der Waals surface area contributed by atoms with Crippen LogP contribution >= 0.6 is 11.6 Å². The van der Waals surface area contributed by atoms with E-state index >= 15 is 0 Å². The fourth-order valence-corrected chi connectivity index (χ4v) is 4.39. The van der Waals surface area contributed by atoms with Crippen LogP contribution in [0.25, 0.3) is 0 Å². The van der Waals surface area contributed by atoms with Gasteiger partial charge >= 0.3 is 0 Å². The molecule has 0 N–H and O–H groups in total. The highest BCUT2D eigenvalue weighted by Crippen LogP contribution is 2.26. The molecule has 0 unspecified atom stereocenters. The lowest BCUT2D eigenvalue weighted by Gasteiger charge is -2.21. The van der Waals surface area contributed by atoms with Crippen LogP contribution in [0.1, 0.15) is 29.8 Å².